The van der Waals surface area contributed by atoms with Crippen molar-refractivity contribution in [1.82, 2.24) is 14.5 Å². The van der Waals surface area contributed by atoms with Crippen LogP contribution in [0.5, 0.6) is 5.75 Å². The van der Waals surface area contributed by atoms with E-state index in [-0.39, 0.29) is 18.5 Å². The van der Waals surface area contributed by atoms with Gasteiger partial charge in [-0.25, -0.2) is 8.42 Å². The Morgan fingerprint density at radius 3 is 2.45 bits per heavy atom. The van der Waals surface area contributed by atoms with Gasteiger partial charge in [0.15, 0.2) is 5.96 Å². The summed E-state index contributed by atoms with van der Waals surface area (Å²) >= 11 is 0. The zero-order chi connectivity index (χ0) is 21.1. The number of nitrogens with zero attached hydrogens (tertiary/aromatic N) is 3. The maximum absolute atomic E-state index is 12.4. The van der Waals surface area contributed by atoms with Crippen LogP contribution in [0.15, 0.2) is 35.3 Å². The van der Waals surface area contributed by atoms with E-state index in [4.69, 9.17) is 9.47 Å². The highest BCUT2D eigenvalue weighted by atomic mass is 32.2. The highest BCUT2D eigenvalue weighted by Gasteiger charge is 2.27. The quantitative estimate of drug-likeness (QED) is 0.346. The van der Waals surface area contributed by atoms with Crippen molar-refractivity contribution in [3.8, 4) is 5.75 Å². The van der Waals surface area contributed by atoms with Crippen LogP contribution >= 0.6 is 0 Å². The maximum Gasteiger partial charge on any atom is 0.216 e. The lowest BCUT2D eigenvalue weighted by molar-refractivity contribution is 0.0904. The standard InChI is InChI=1S/C20H34N4O4S/c1-18(2)27-16-17-29(25,26)24-13-11-23(12-14-24)20(21-3)22-10-7-15-28-19-8-5-4-6-9-19/h4-6,8-9,18H,7,10-17H2,1-3H3,(H,21,22). The smallest absolute Gasteiger partial charge is 0.216 e. The molecule has 8 nitrogen and oxygen atoms in total. The fourth-order valence-electron chi connectivity index (χ4n) is 3.01. The summed E-state index contributed by atoms with van der Waals surface area (Å²) in [6.45, 7) is 7.55. The Morgan fingerprint density at radius 1 is 1.14 bits per heavy atom. The Balaban J connectivity index is 1.68. The highest BCUT2D eigenvalue weighted by molar-refractivity contribution is 7.89. The van der Waals surface area contributed by atoms with E-state index in [0.29, 0.717) is 32.8 Å². The Bertz CT molecular complexity index is 717. The second kappa shape index (κ2) is 12.0. The molecule has 9 heteroatoms. The van der Waals surface area contributed by atoms with Gasteiger partial charge in [-0.2, -0.15) is 4.31 Å². The van der Waals surface area contributed by atoms with Gasteiger partial charge in [-0.15, -0.1) is 0 Å². The number of ether oxygens (including phenoxy) is 2. The molecular formula is C20H34N4O4S. The van der Waals surface area contributed by atoms with Gasteiger partial charge in [-0.1, -0.05) is 18.2 Å². The van der Waals surface area contributed by atoms with Crippen molar-refractivity contribution in [2.45, 2.75) is 26.4 Å². The molecule has 1 aliphatic rings. The van der Waals surface area contributed by atoms with E-state index < -0.39 is 10.0 Å². The van der Waals surface area contributed by atoms with E-state index in [1.807, 2.05) is 44.2 Å². The van der Waals surface area contributed by atoms with E-state index in [1.165, 1.54) is 0 Å². The molecule has 0 radical (unpaired) electrons. The van der Waals surface area contributed by atoms with Crippen molar-refractivity contribution in [2.24, 2.45) is 4.99 Å². The fraction of sp³-hybridized carbons (Fsp3) is 0.650. The number of piperazine rings is 1. The minimum absolute atomic E-state index is 0.0273. The minimum Gasteiger partial charge on any atom is -0.494 e. The van der Waals surface area contributed by atoms with Crippen LogP contribution in [0, 0.1) is 0 Å². The molecule has 0 atom stereocenters. The number of aliphatic imine (C=N–C) groups is 1. The number of para-hydroxylation sites is 1. The molecule has 1 N–H and O–H groups in total. The molecule has 1 saturated heterocycles. The van der Waals surface area contributed by atoms with Crippen LogP contribution in [0.1, 0.15) is 20.3 Å². The summed E-state index contributed by atoms with van der Waals surface area (Å²) in [7, 11) is -1.54. The number of guanidine groups is 1. The molecular weight excluding hydrogens is 392 g/mol. The monoisotopic (exact) mass is 426 g/mol. The molecule has 2 rings (SSSR count). The van der Waals surface area contributed by atoms with Gasteiger partial charge in [0.1, 0.15) is 5.75 Å². The summed E-state index contributed by atoms with van der Waals surface area (Å²) in [5.41, 5.74) is 0. The summed E-state index contributed by atoms with van der Waals surface area (Å²) < 4.78 is 37.5. The molecule has 1 aliphatic heterocycles. The SMILES string of the molecule is CN=C(NCCCOc1ccccc1)N1CCN(S(=O)(=O)CCOC(C)C)CC1. The Hall–Kier alpha value is -1.84. The number of hydrogen-bond donors (Lipinski definition) is 1. The molecule has 29 heavy (non-hydrogen) atoms. The highest BCUT2D eigenvalue weighted by Crippen LogP contribution is 2.10. The average Bonchev–Trinajstić information content (AvgIpc) is 2.71. The van der Waals surface area contributed by atoms with E-state index in [9.17, 15) is 8.42 Å². The first-order valence-electron chi connectivity index (χ1n) is 10.2. The Kier molecular flexibility index (Phi) is 9.69. The Labute approximate surface area is 174 Å². The van der Waals surface area contributed by atoms with Gasteiger partial charge in [0.05, 0.1) is 25.1 Å². The van der Waals surface area contributed by atoms with Crippen LogP contribution in [0.4, 0.5) is 0 Å². The summed E-state index contributed by atoms with van der Waals surface area (Å²) in [5.74, 6) is 1.69. The van der Waals surface area contributed by atoms with Crippen LogP contribution in [-0.4, -0.2) is 88.4 Å². The lowest BCUT2D eigenvalue weighted by Gasteiger charge is -2.35. The van der Waals surface area contributed by atoms with Gasteiger partial charge >= 0.3 is 0 Å². The summed E-state index contributed by atoms with van der Waals surface area (Å²) in [4.78, 5) is 6.42. The molecule has 0 aliphatic carbocycles. The number of rotatable bonds is 10. The first-order chi connectivity index (χ1) is 13.9. The van der Waals surface area contributed by atoms with Crippen molar-refractivity contribution in [3.63, 3.8) is 0 Å². The summed E-state index contributed by atoms with van der Waals surface area (Å²) in [5, 5.41) is 3.33. The third kappa shape index (κ3) is 8.20. The number of sulfonamides is 1. The lowest BCUT2D eigenvalue weighted by Crippen LogP contribution is -2.54. The largest absolute Gasteiger partial charge is 0.494 e. The van der Waals surface area contributed by atoms with Crippen LogP contribution in [0.25, 0.3) is 0 Å². The van der Waals surface area contributed by atoms with Crippen molar-refractivity contribution in [1.29, 1.82) is 0 Å². The zero-order valence-corrected chi connectivity index (χ0v) is 18.5. The molecule has 164 valence electrons. The number of benzene rings is 1. The molecule has 0 amide bonds. The normalized spacial score (nSPS) is 16.3. The molecule has 0 bridgehead atoms. The van der Waals surface area contributed by atoms with E-state index in [2.05, 4.69) is 15.2 Å². The predicted molar refractivity (Wildman–Crippen MR) is 116 cm³/mol. The van der Waals surface area contributed by atoms with E-state index in [0.717, 1.165) is 24.7 Å². The van der Waals surface area contributed by atoms with Crippen LogP contribution < -0.4 is 10.1 Å². The van der Waals surface area contributed by atoms with Gasteiger partial charge < -0.3 is 19.7 Å². The van der Waals surface area contributed by atoms with Crippen LogP contribution in [0.3, 0.4) is 0 Å². The topological polar surface area (TPSA) is 83.5 Å². The molecule has 0 saturated carbocycles. The second-order valence-electron chi connectivity index (χ2n) is 7.11. The van der Waals surface area contributed by atoms with Crippen molar-refractivity contribution < 1.29 is 17.9 Å². The summed E-state index contributed by atoms with van der Waals surface area (Å²) in [6.07, 6.45) is 0.882. The van der Waals surface area contributed by atoms with Gasteiger partial charge in [0.2, 0.25) is 10.0 Å². The average molecular weight is 427 g/mol. The number of hydrogen-bond acceptors (Lipinski definition) is 5. The van der Waals surface area contributed by atoms with Gasteiger partial charge in [-0.3, -0.25) is 4.99 Å². The molecule has 1 fully saturated rings. The second-order valence-corrected chi connectivity index (χ2v) is 9.20. The van der Waals surface area contributed by atoms with E-state index in [1.54, 1.807) is 11.4 Å². The third-order valence-electron chi connectivity index (χ3n) is 4.55. The minimum atomic E-state index is -3.28. The first kappa shape index (κ1) is 23.4. The third-order valence-corrected chi connectivity index (χ3v) is 6.39. The summed E-state index contributed by atoms with van der Waals surface area (Å²) in [6, 6.07) is 9.74. The molecule has 1 aromatic rings. The van der Waals surface area contributed by atoms with Crippen molar-refractivity contribution in [3.05, 3.63) is 30.3 Å². The molecule has 0 unspecified atom stereocenters. The van der Waals surface area contributed by atoms with Gasteiger partial charge in [0, 0.05) is 39.8 Å². The molecule has 0 aromatic heterocycles. The fourth-order valence-corrected chi connectivity index (χ4v) is 4.29. The van der Waals surface area contributed by atoms with Crippen LogP contribution in [0.2, 0.25) is 0 Å². The molecule has 0 spiro atoms. The van der Waals surface area contributed by atoms with Gasteiger partial charge in [-0.05, 0) is 32.4 Å². The first-order valence-corrected chi connectivity index (χ1v) is 11.8. The van der Waals surface area contributed by atoms with Crippen molar-refractivity contribution >= 4 is 16.0 Å². The molecule has 1 heterocycles. The van der Waals surface area contributed by atoms with Crippen molar-refractivity contribution in [2.75, 3.05) is 58.7 Å². The van der Waals surface area contributed by atoms with E-state index >= 15 is 0 Å². The van der Waals surface area contributed by atoms with Crippen LogP contribution in [-0.2, 0) is 14.8 Å². The lowest BCUT2D eigenvalue weighted by atomic mass is 10.3. The Morgan fingerprint density at radius 2 is 1.83 bits per heavy atom. The number of nitrogens with one attached hydrogen (secondary N) is 1. The zero-order valence-electron chi connectivity index (χ0n) is 17.7. The van der Waals surface area contributed by atoms with Gasteiger partial charge in [0.25, 0.3) is 0 Å². The molecule has 1 aromatic carbocycles. The maximum atomic E-state index is 12.4. The predicted octanol–water partition coefficient (Wildman–Crippen LogP) is 1.40.